The predicted molar refractivity (Wildman–Crippen MR) is 60.5 cm³/mol. The molecule has 18 heavy (non-hydrogen) atoms. The molecule has 104 valence electrons. The molecule has 0 fully saturated rings. The highest BCUT2D eigenvalue weighted by Crippen LogP contribution is 2.05. The summed E-state index contributed by atoms with van der Waals surface area (Å²) in [5.41, 5.74) is 1.86. The first kappa shape index (κ1) is 16.2. The van der Waals surface area contributed by atoms with Crippen molar-refractivity contribution in [3.63, 3.8) is 0 Å². The number of urea groups is 1. The highest BCUT2D eigenvalue weighted by atomic mass is 16.7. The molecule has 0 aliphatic rings. The van der Waals surface area contributed by atoms with Gasteiger partial charge in [0.05, 0.1) is 7.11 Å². The van der Waals surface area contributed by atoms with E-state index in [0.717, 1.165) is 0 Å². The molecule has 0 aliphatic carbocycles. The minimum Gasteiger partial charge on any atom is -0.479 e. The molecule has 2 amide bonds. The van der Waals surface area contributed by atoms with Crippen LogP contribution in [0.5, 0.6) is 0 Å². The Bertz CT molecular complexity index is 305. The van der Waals surface area contributed by atoms with Gasteiger partial charge < -0.3 is 15.2 Å². The van der Waals surface area contributed by atoms with Crippen LogP contribution in [0.3, 0.4) is 0 Å². The topological polar surface area (TPSA) is 114 Å². The SMILES string of the molecule is COC(=O)C(CC(C)C)NC(=O)NOCC(=O)O. The van der Waals surface area contributed by atoms with Gasteiger partial charge in [-0.05, 0) is 12.3 Å². The van der Waals surface area contributed by atoms with Crippen molar-refractivity contribution in [1.82, 2.24) is 10.8 Å². The summed E-state index contributed by atoms with van der Waals surface area (Å²) in [7, 11) is 1.22. The van der Waals surface area contributed by atoms with Crippen molar-refractivity contribution in [2.75, 3.05) is 13.7 Å². The zero-order chi connectivity index (χ0) is 14.1. The molecule has 0 spiro atoms. The number of hydroxylamine groups is 1. The monoisotopic (exact) mass is 262 g/mol. The van der Waals surface area contributed by atoms with Gasteiger partial charge in [-0.25, -0.2) is 19.9 Å². The van der Waals surface area contributed by atoms with Gasteiger partial charge >= 0.3 is 18.0 Å². The fourth-order valence-electron chi connectivity index (χ4n) is 1.18. The molecule has 0 aromatic rings. The third-order valence-electron chi connectivity index (χ3n) is 1.86. The molecule has 8 nitrogen and oxygen atoms in total. The number of esters is 1. The Morgan fingerprint density at radius 3 is 2.33 bits per heavy atom. The van der Waals surface area contributed by atoms with Gasteiger partial charge in [0.15, 0.2) is 6.61 Å². The van der Waals surface area contributed by atoms with Gasteiger partial charge in [-0.15, -0.1) is 0 Å². The van der Waals surface area contributed by atoms with Crippen LogP contribution in [0.1, 0.15) is 20.3 Å². The Morgan fingerprint density at radius 1 is 1.28 bits per heavy atom. The highest BCUT2D eigenvalue weighted by molar-refractivity contribution is 5.83. The van der Waals surface area contributed by atoms with Gasteiger partial charge in [-0.1, -0.05) is 13.8 Å². The summed E-state index contributed by atoms with van der Waals surface area (Å²) in [6.45, 7) is 3.10. The second-order valence-corrected chi connectivity index (χ2v) is 3.96. The van der Waals surface area contributed by atoms with Crippen molar-refractivity contribution in [1.29, 1.82) is 0 Å². The second-order valence-electron chi connectivity index (χ2n) is 3.96. The molecule has 0 heterocycles. The standard InChI is InChI=1S/C10H18N2O6/c1-6(2)4-7(9(15)17-3)11-10(16)12-18-5-8(13)14/h6-7H,4-5H2,1-3H3,(H,13,14)(H2,11,12,16). The van der Waals surface area contributed by atoms with Crippen molar-refractivity contribution in [2.24, 2.45) is 5.92 Å². The van der Waals surface area contributed by atoms with Crippen LogP contribution >= 0.6 is 0 Å². The van der Waals surface area contributed by atoms with E-state index in [0.29, 0.717) is 6.42 Å². The van der Waals surface area contributed by atoms with Crippen LogP contribution in [-0.4, -0.2) is 42.8 Å². The maximum atomic E-state index is 11.4. The number of ether oxygens (including phenoxy) is 1. The number of carboxylic acid groups (broad SMARTS) is 1. The zero-order valence-corrected chi connectivity index (χ0v) is 10.6. The van der Waals surface area contributed by atoms with Crippen LogP contribution < -0.4 is 10.8 Å². The lowest BCUT2D eigenvalue weighted by atomic mass is 10.0. The Kier molecular flexibility index (Phi) is 7.45. The van der Waals surface area contributed by atoms with Crippen LogP contribution in [-0.2, 0) is 19.2 Å². The van der Waals surface area contributed by atoms with E-state index in [1.54, 1.807) is 0 Å². The molecule has 8 heteroatoms. The van der Waals surface area contributed by atoms with E-state index in [1.807, 2.05) is 19.3 Å². The average Bonchev–Trinajstić information content (AvgIpc) is 2.25. The van der Waals surface area contributed by atoms with Crippen molar-refractivity contribution in [3.05, 3.63) is 0 Å². The van der Waals surface area contributed by atoms with E-state index < -0.39 is 30.6 Å². The van der Waals surface area contributed by atoms with Crippen LogP contribution in [0.2, 0.25) is 0 Å². The van der Waals surface area contributed by atoms with Crippen molar-refractivity contribution in [3.8, 4) is 0 Å². The lowest BCUT2D eigenvalue weighted by Crippen LogP contribution is -2.47. The summed E-state index contributed by atoms with van der Waals surface area (Å²) in [5.74, 6) is -1.62. The van der Waals surface area contributed by atoms with Crippen molar-refractivity contribution >= 4 is 18.0 Å². The molecule has 0 aromatic heterocycles. The Morgan fingerprint density at radius 2 is 1.89 bits per heavy atom. The van der Waals surface area contributed by atoms with E-state index in [9.17, 15) is 14.4 Å². The summed E-state index contributed by atoms with van der Waals surface area (Å²) in [5, 5.41) is 10.6. The lowest BCUT2D eigenvalue weighted by Gasteiger charge is -2.18. The van der Waals surface area contributed by atoms with E-state index in [2.05, 4.69) is 14.9 Å². The first-order chi connectivity index (χ1) is 8.36. The van der Waals surface area contributed by atoms with Crippen molar-refractivity contribution < 1.29 is 29.1 Å². The number of nitrogens with one attached hydrogen (secondary N) is 2. The molecule has 0 aliphatic heterocycles. The zero-order valence-electron chi connectivity index (χ0n) is 10.6. The fourth-order valence-corrected chi connectivity index (χ4v) is 1.18. The molecule has 0 saturated heterocycles. The number of carboxylic acids is 1. The Hall–Kier alpha value is -1.83. The molecule has 1 atom stereocenters. The van der Waals surface area contributed by atoms with E-state index in [1.165, 1.54) is 7.11 Å². The number of hydrogen-bond donors (Lipinski definition) is 3. The van der Waals surface area contributed by atoms with Gasteiger partial charge in [0.25, 0.3) is 0 Å². The molecule has 3 N–H and O–H groups in total. The van der Waals surface area contributed by atoms with Crippen molar-refractivity contribution in [2.45, 2.75) is 26.3 Å². The first-order valence-electron chi connectivity index (χ1n) is 5.34. The maximum Gasteiger partial charge on any atom is 0.339 e. The summed E-state index contributed by atoms with van der Waals surface area (Å²) in [4.78, 5) is 37.1. The molecule has 1 unspecified atom stereocenters. The predicted octanol–water partition coefficient (Wildman–Crippen LogP) is -0.110. The lowest BCUT2D eigenvalue weighted by molar-refractivity contribution is -0.145. The minimum absolute atomic E-state index is 0.175. The van der Waals surface area contributed by atoms with Gasteiger partial charge in [-0.2, -0.15) is 0 Å². The molecule has 0 bridgehead atoms. The van der Waals surface area contributed by atoms with E-state index >= 15 is 0 Å². The van der Waals surface area contributed by atoms with E-state index in [-0.39, 0.29) is 5.92 Å². The van der Waals surface area contributed by atoms with Crippen LogP contribution in [0, 0.1) is 5.92 Å². The molecular weight excluding hydrogens is 244 g/mol. The van der Waals surface area contributed by atoms with Crippen LogP contribution in [0.25, 0.3) is 0 Å². The normalized spacial score (nSPS) is 11.8. The maximum absolute atomic E-state index is 11.4. The Labute approximate surface area is 105 Å². The van der Waals surface area contributed by atoms with Gasteiger partial charge in [0.1, 0.15) is 6.04 Å². The average molecular weight is 262 g/mol. The molecule has 0 saturated carbocycles. The smallest absolute Gasteiger partial charge is 0.339 e. The third-order valence-corrected chi connectivity index (χ3v) is 1.86. The second kappa shape index (κ2) is 8.29. The van der Waals surface area contributed by atoms with Crippen LogP contribution in [0.4, 0.5) is 4.79 Å². The molecule has 0 aromatic carbocycles. The van der Waals surface area contributed by atoms with Crippen LogP contribution in [0.15, 0.2) is 0 Å². The number of carbonyl (C=O) groups is 3. The number of amides is 2. The van der Waals surface area contributed by atoms with Gasteiger partial charge in [-0.3, -0.25) is 4.84 Å². The number of rotatable bonds is 7. The van der Waals surface area contributed by atoms with Gasteiger partial charge in [0, 0.05) is 0 Å². The Balaban J connectivity index is 4.18. The first-order valence-corrected chi connectivity index (χ1v) is 5.34. The third kappa shape index (κ3) is 7.44. The molecule has 0 rings (SSSR count). The van der Waals surface area contributed by atoms with Gasteiger partial charge in [0.2, 0.25) is 0 Å². The summed E-state index contributed by atoms with van der Waals surface area (Å²) < 4.78 is 4.54. The quantitative estimate of drug-likeness (QED) is 0.435. The highest BCUT2D eigenvalue weighted by Gasteiger charge is 2.22. The minimum atomic E-state index is -1.22. The fraction of sp³-hybridized carbons (Fsp3) is 0.700. The van der Waals surface area contributed by atoms with E-state index in [4.69, 9.17) is 5.11 Å². The summed E-state index contributed by atoms with van der Waals surface area (Å²) in [6, 6.07) is -1.60. The molecule has 0 radical (unpaired) electrons. The summed E-state index contributed by atoms with van der Waals surface area (Å²) in [6.07, 6.45) is 0.402. The number of carbonyl (C=O) groups excluding carboxylic acids is 2. The number of methoxy groups -OCH3 is 1. The number of hydrogen-bond acceptors (Lipinski definition) is 5. The number of aliphatic carboxylic acids is 1. The largest absolute Gasteiger partial charge is 0.479 e. The summed E-state index contributed by atoms with van der Waals surface area (Å²) >= 11 is 0. The molecular formula is C10H18N2O6.